The van der Waals surface area contributed by atoms with Gasteiger partial charge in [0.25, 0.3) is 5.91 Å². The molecule has 0 aliphatic carbocycles. The van der Waals surface area contributed by atoms with Gasteiger partial charge in [-0.2, -0.15) is 5.26 Å². The monoisotopic (exact) mass is 363 g/mol. The van der Waals surface area contributed by atoms with Crippen molar-refractivity contribution in [3.8, 4) is 17.6 Å². The van der Waals surface area contributed by atoms with E-state index in [1.54, 1.807) is 48.5 Å². The molecule has 5 heteroatoms. The first-order chi connectivity index (χ1) is 13.2. The van der Waals surface area contributed by atoms with Crippen LogP contribution in [0.4, 0.5) is 0 Å². The Morgan fingerprint density at radius 2 is 1.63 bits per heavy atom. The number of carbonyl (C=O) groups is 1. The average molecular weight is 363 g/mol. The van der Waals surface area contributed by atoms with Gasteiger partial charge in [0.15, 0.2) is 0 Å². The van der Waals surface area contributed by atoms with Crippen molar-refractivity contribution in [1.29, 1.82) is 5.26 Å². The number of benzene rings is 2. The van der Waals surface area contributed by atoms with Crippen LogP contribution < -0.4 is 10.1 Å². The topological polar surface area (TPSA) is 65.4 Å². The molecule has 2 aromatic rings. The molecule has 0 bridgehead atoms. The zero-order chi connectivity index (χ0) is 18.9. The number of nitrogens with one attached hydrogen (secondary N) is 1. The van der Waals surface area contributed by atoms with E-state index >= 15 is 0 Å². The number of carbonyl (C=O) groups excluding carboxylic acids is 1. The van der Waals surface area contributed by atoms with Crippen LogP contribution in [0.2, 0.25) is 0 Å². The summed E-state index contributed by atoms with van der Waals surface area (Å²) in [4.78, 5) is 14.7. The second-order valence-electron chi connectivity index (χ2n) is 6.77. The summed E-state index contributed by atoms with van der Waals surface area (Å²) in [5.74, 6) is 1.25. The Morgan fingerprint density at radius 1 is 1.00 bits per heavy atom. The van der Waals surface area contributed by atoms with Crippen LogP contribution in [0.25, 0.3) is 0 Å². The fraction of sp³-hybridized carbons (Fsp3) is 0.364. The Balaban J connectivity index is 1.43. The van der Waals surface area contributed by atoms with Crippen LogP contribution in [0.5, 0.6) is 11.5 Å². The Bertz CT molecular complexity index is 773. The van der Waals surface area contributed by atoms with Gasteiger partial charge in [-0.3, -0.25) is 4.79 Å². The smallest absolute Gasteiger partial charge is 0.251 e. The fourth-order valence-corrected chi connectivity index (χ4v) is 3.20. The normalized spacial score (nSPS) is 14.3. The number of nitrogens with zero attached hydrogens (tertiary/aromatic N) is 2. The molecule has 0 saturated carbocycles. The standard InChI is InChI=1S/C22H25N3O2/c23-17-18-5-9-20(10-6-18)27-21-11-7-19(8-12-21)22(26)24-13-4-16-25-14-2-1-3-15-25/h5-12H,1-4,13-16H2,(H,24,26). The van der Waals surface area contributed by atoms with Crippen LogP contribution in [0.15, 0.2) is 48.5 Å². The van der Waals surface area contributed by atoms with Gasteiger partial charge in [0, 0.05) is 12.1 Å². The number of amides is 1. The van der Waals surface area contributed by atoms with Crippen LogP contribution in [0.1, 0.15) is 41.6 Å². The predicted molar refractivity (Wildman–Crippen MR) is 105 cm³/mol. The first-order valence-corrected chi connectivity index (χ1v) is 9.53. The van der Waals surface area contributed by atoms with E-state index in [-0.39, 0.29) is 5.91 Å². The maximum atomic E-state index is 12.2. The van der Waals surface area contributed by atoms with Crippen LogP contribution in [0.3, 0.4) is 0 Å². The van der Waals surface area contributed by atoms with Crippen molar-refractivity contribution in [3.05, 3.63) is 59.7 Å². The molecule has 0 unspecified atom stereocenters. The maximum Gasteiger partial charge on any atom is 0.251 e. The molecule has 140 valence electrons. The molecule has 0 radical (unpaired) electrons. The van der Waals surface area contributed by atoms with Crippen molar-refractivity contribution in [2.24, 2.45) is 0 Å². The maximum absolute atomic E-state index is 12.2. The van der Waals surface area contributed by atoms with E-state index in [9.17, 15) is 4.79 Å². The van der Waals surface area contributed by atoms with E-state index in [0.717, 1.165) is 13.0 Å². The third-order valence-electron chi connectivity index (χ3n) is 4.72. The van der Waals surface area contributed by atoms with Crippen LogP contribution in [-0.2, 0) is 0 Å². The van der Waals surface area contributed by atoms with Crippen molar-refractivity contribution < 1.29 is 9.53 Å². The molecule has 1 fully saturated rings. The van der Waals surface area contributed by atoms with Crippen LogP contribution in [-0.4, -0.2) is 37.0 Å². The highest BCUT2D eigenvalue weighted by atomic mass is 16.5. The molecule has 1 heterocycles. The summed E-state index contributed by atoms with van der Waals surface area (Å²) in [5, 5.41) is 11.8. The lowest BCUT2D eigenvalue weighted by Gasteiger charge is -2.26. The Hall–Kier alpha value is -2.84. The zero-order valence-electron chi connectivity index (χ0n) is 15.5. The molecule has 0 aromatic heterocycles. The Kier molecular flexibility index (Phi) is 6.84. The molecule has 1 amide bonds. The Labute approximate surface area is 160 Å². The molecule has 0 atom stereocenters. The minimum atomic E-state index is -0.0569. The van der Waals surface area contributed by atoms with Gasteiger partial charge in [-0.1, -0.05) is 6.42 Å². The molecular formula is C22H25N3O2. The lowest BCUT2D eigenvalue weighted by Crippen LogP contribution is -2.33. The van der Waals surface area contributed by atoms with E-state index in [0.29, 0.717) is 29.2 Å². The molecule has 1 N–H and O–H groups in total. The number of ether oxygens (including phenoxy) is 1. The molecule has 5 nitrogen and oxygen atoms in total. The minimum absolute atomic E-state index is 0.0569. The molecule has 3 rings (SSSR count). The summed E-state index contributed by atoms with van der Waals surface area (Å²) < 4.78 is 5.73. The molecule has 27 heavy (non-hydrogen) atoms. The number of hydrogen-bond acceptors (Lipinski definition) is 4. The quantitative estimate of drug-likeness (QED) is 0.756. The van der Waals surface area contributed by atoms with Gasteiger partial charge >= 0.3 is 0 Å². The van der Waals surface area contributed by atoms with Crippen molar-refractivity contribution in [1.82, 2.24) is 10.2 Å². The van der Waals surface area contributed by atoms with Crippen LogP contribution >= 0.6 is 0 Å². The van der Waals surface area contributed by atoms with Gasteiger partial charge in [-0.15, -0.1) is 0 Å². The number of hydrogen-bond donors (Lipinski definition) is 1. The average Bonchev–Trinajstić information content (AvgIpc) is 2.73. The number of likely N-dealkylation sites (tertiary alicyclic amines) is 1. The summed E-state index contributed by atoms with van der Waals surface area (Å²) in [6.07, 6.45) is 4.91. The highest BCUT2D eigenvalue weighted by molar-refractivity contribution is 5.94. The van der Waals surface area contributed by atoms with Gasteiger partial charge in [0.2, 0.25) is 0 Å². The highest BCUT2D eigenvalue weighted by Gasteiger charge is 2.10. The van der Waals surface area contributed by atoms with E-state index in [4.69, 9.17) is 10.00 Å². The number of rotatable bonds is 7. The van der Waals surface area contributed by atoms with E-state index in [2.05, 4.69) is 16.3 Å². The van der Waals surface area contributed by atoms with Crippen molar-refractivity contribution in [3.63, 3.8) is 0 Å². The number of nitriles is 1. The second kappa shape index (κ2) is 9.75. The minimum Gasteiger partial charge on any atom is -0.457 e. The number of piperidine rings is 1. The molecule has 1 saturated heterocycles. The van der Waals surface area contributed by atoms with Gasteiger partial charge in [-0.05, 0) is 87.4 Å². The van der Waals surface area contributed by atoms with E-state index < -0.39 is 0 Å². The van der Waals surface area contributed by atoms with Gasteiger partial charge in [0.05, 0.1) is 11.6 Å². The van der Waals surface area contributed by atoms with Crippen molar-refractivity contribution >= 4 is 5.91 Å². The zero-order valence-corrected chi connectivity index (χ0v) is 15.5. The van der Waals surface area contributed by atoms with E-state index in [1.165, 1.54) is 32.4 Å². The summed E-state index contributed by atoms with van der Waals surface area (Å²) in [7, 11) is 0. The molecule has 0 spiro atoms. The lowest BCUT2D eigenvalue weighted by atomic mass is 10.1. The van der Waals surface area contributed by atoms with Gasteiger partial charge in [0.1, 0.15) is 11.5 Å². The first-order valence-electron chi connectivity index (χ1n) is 9.53. The largest absolute Gasteiger partial charge is 0.457 e. The SMILES string of the molecule is N#Cc1ccc(Oc2ccc(C(=O)NCCCN3CCCCC3)cc2)cc1. The molecule has 1 aliphatic heterocycles. The fourth-order valence-electron chi connectivity index (χ4n) is 3.20. The molecule has 1 aliphatic rings. The van der Waals surface area contributed by atoms with Crippen LogP contribution in [0, 0.1) is 11.3 Å². The van der Waals surface area contributed by atoms with Gasteiger partial charge in [-0.25, -0.2) is 0 Å². The predicted octanol–water partition coefficient (Wildman–Crippen LogP) is 3.96. The Morgan fingerprint density at radius 3 is 2.26 bits per heavy atom. The second-order valence-corrected chi connectivity index (χ2v) is 6.77. The highest BCUT2D eigenvalue weighted by Crippen LogP contribution is 2.22. The van der Waals surface area contributed by atoms with E-state index in [1.807, 2.05) is 0 Å². The third-order valence-corrected chi connectivity index (χ3v) is 4.72. The molecular weight excluding hydrogens is 338 g/mol. The lowest BCUT2D eigenvalue weighted by molar-refractivity contribution is 0.0951. The summed E-state index contributed by atoms with van der Waals surface area (Å²) in [5.41, 5.74) is 1.22. The van der Waals surface area contributed by atoms with Crippen molar-refractivity contribution in [2.75, 3.05) is 26.2 Å². The summed E-state index contributed by atoms with van der Waals surface area (Å²) >= 11 is 0. The summed E-state index contributed by atoms with van der Waals surface area (Å²) in [6.45, 7) is 4.12. The summed E-state index contributed by atoms with van der Waals surface area (Å²) in [6, 6.07) is 16.1. The first kappa shape index (κ1) is 18.9. The third kappa shape index (κ3) is 5.83. The van der Waals surface area contributed by atoms with Crippen molar-refractivity contribution in [2.45, 2.75) is 25.7 Å². The molecule has 2 aromatic carbocycles. The van der Waals surface area contributed by atoms with Gasteiger partial charge < -0.3 is 15.0 Å².